The van der Waals surface area contributed by atoms with E-state index < -0.39 is 11.6 Å². The predicted molar refractivity (Wildman–Crippen MR) is 79.8 cm³/mol. The molecule has 120 valence electrons. The van der Waals surface area contributed by atoms with Gasteiger partial charge in [-0.2, -0.15) is 0 Å². The lowest BCUT2D eigenvalue weighted by molar-refractivity contribution is -0.122. The minimum Gasteiger partial charge on any atom is -0.481 e. The number of rotatable bonds is 5. The normalized spacial score (nSPS) is 19.3. The molecule has 0 saturated heterocycles. The van der Waals surface area contributed by atoms with Crippen LogP contribution in [0.15, 0.2) is 36.5 Å². The van der Waals surface area contributed by atoms with Crippen LogP contribution in [0.4, 0.5) is 8.78 Å². The Balaban J connectivity index is 1.62. The number of benzene rings is 1. The van der Waals surface area contributed by atoms with Gasteiger partial charge in [-0.05, 0) is 30.0 Å². The minimum atomic E-state index is -0.881. The summed E-state index contributed by atoms with van der Waals surface area (Å²) in [6.45, 7) is 0.282. The molecule has 1 fully saturated rings. The van der Waals surface area contributed by atoms with E-state index in [0.717, 1.165) is 11.6 Å². The summed E-state index contributed by atoms with van der Waals surface area (Å²) in [6.07, 6.45) is 2.13. The van der Waals surface area contributed by atoms with Crippen molar-refractivity contribution in [2.75, 3.05) is 7.11 Å². The van der Waals surface area contributed by atoms with Crippen LogP contribution in [-0.2, 0) is 11.3 Å². The molecular weight excluding hydrogens is 302 g/mol. The summed E-state index contributed by atoms with van der Waals surface area (Å²) >= 11 is 0. The molecule has 1 N–H and O–H groups in total. The summed E-state index contributed by atoms with van der Waals surface area (Å²) in [5.41, 5.74) is 1.03. The Morgan fingerprint density at radius 3 is 2.96 bits per heavy atom. The Labute approximate surface area is 132 Å². The molecule has 1 amide bonds. The molecule has 1 aromatic heterocycles. The number of carbonyl (C=O) groups excluding carboxylic acids is 1. The smallest absolute Gasteiger partial charge is 0.224 e. The van der Waals surface area contributed by atoms with Crippen LogP contribution in [0.3, 0.4) is 0 Å². The second-order valence-electron chi connectivity index (χ2n) is 5.48. The molecule has 0 spiro atoms. The van der Waals surface area contributed by atoms with Crippen LogP contribution in [0.5, 0.6) is 5.88 Å². The van der Waals surface area contributed by atoms with Gasteiger partial charge in [0, 0.05) is 24.2 Å². The maximum absolute atomic E-state index is 13.7. The van der Waals surface area contributed by atoms with Crippen LogP contribution < -0.4 is 10.1 Å². The van der Waals surface area contributed by atoms with Crippen LogP contribution in [0.25, 0.3) is 0 Å². The van der Waals surface area contributed by atoms with Crippen molar-refractivity contribution in [1.29, 1.82) is 0 Å². The van der Waals surface area contributed by atoms with Crippen molar-refractivity contribution in [3.8, 4) is 5.88 Å². The van der Waals surface area contributed by atoms with Crippen molar-refractivity contribution in [2.24, 2.45) is 5.92 Å². The Morgan fingerprint density at radius 2 is 2.17 bits per heavy atom. The summed E-state index contributed by atoms with van der Waals surface area (Å²) in [5, 5.41) is 2.79. The average Bonchev–Trinajstić information content (AvgIpc) is 3.36. The third-order valence-corrected chi connectivity index (χ3v) is 4.00. The monoisotopic (exact) mass is 318 g/mol. The molecule has 0 unspecified atom stereocenters. The molecule has 6 heteroatoms. The second kappa shape index (κ2) is 6.32. The summed E-state index contributed by atoms with van der Waals surface area (Å²) in [5.74, 6) is -2.05. The number of methoxy groups -OCH3 is 1. The molecule has 1 aliphatic carbocycles. The van der Waals surface area contributed by atoms with E-state index in [1.165, 1.54) is 19.2 Å². The first-order valence-corrected chi connectivity index (χ1v) is 7.31. The van der Waals surface area contributed by atoms with Crippen molar-refractivity contribution < 1.29 is 18.3 Å². The van der Waals surface area contributed by atoms with Crippen molar-refractivity contribution in [3.63, 3.8) is 0 Å². The molecule has 23 heavy (non-hydrogen) atoms. The molecular formula is C17H16F2N2O2. The van der Waals surface area contributed by atoms with Crippen molar-refractivity contribution in [1.82, 2.24) is 10.3 Å². The Kier molecular flexibility index (Phi) is 4.23. The highest BCUT2D eigenvalue weighted by Crippen LogP contribution is 2.48. The fourth-order valence-electron chi connectivity index (χ4n) is 2.69. The lowest BCUT2D eigenvalue weighted by Crippen LogP contribution is -2.25. The number of nitrogens with one attached hydrogen (secondary N) is 1. The molecule has 1 aromatic carbocycles. The van der Waals surface area contributed by atoms with Crippen LogP contribution in [0, 0.1) is 17.6 Å². The van der Waals surface area contributed by atoms with Crippen molar-refractivity contribution in [2.45, 2.75) is 18.9 Å². The van der Waals surface area contributed by atoms with E-state index in [4.69, 9.17) is 4.74 Å². The highest BCUT2D eigenvalue weighted by molar-refractivity contribution is 5.82. The van der Waals surface area contributed by atoms with Gasteiger partial charge in [0.1, 0.15) is 0 Å². The van der Waals surface area contributed by atoms with Crippen LogP contribution >= 0.6 is 0 Å². The van der Waals surface area contributed by atoms with E-state index in [1.807, 2.05) is 6.07 Å². The van der Waals surface area contributed by atoms with E-state index in [1.54, 1.807) is 12.3 Å². The van der Waals surface area contributed by atoms with Crippen molar-refractivity contribution >= 4 is 5.91 Å². The average molecular weight is 318 g/mol. The lowest BCUT2D eigenvalue weighted by Gasteiger charge is -2.08. The number of ether oxygens (including phenoxy) is 1. The summed E-state index contributed by atoms with van der Waals surface area (Å²) in [7, 11) is 1.51. The number of amides is 1. The van der Waals surface area contributed by atoms with Gasteiger partial charge < -0.3 is 10.1 Å². The molecule has 0 radical (unpaired) electrons. The maximum atomic E-state index is 13.7. The molecule has 1 heterocycles. The molecule has 3 rings (SSSR count). The Bertz CT molecular complexity index is 736. The van der Waals surface area contributed by atoms with E-state index in [2.05, 4.69) is 10.3 Å². The first kappa shape index (κ1) is 15.4. The molecule has 0 aliphatic heterocycles. The first-order valence-electron chi connectivity index (χ1n) is 7.31. The van der Waals surface area contributed by atoms with Gasteiger partial charge in [0.15, 0.2) is 11.6 Å². The number of aromatic nitrogens is 1. The molecule has 4 nitrogen and oxygen atoms in total. The van der Waals surface area contributed by atoms with E-state index in [0.29, 0.717) is 12.3 Å². The third kappa shape index (κ3) is 3.16. The standard InChI is InChI=1S/C17H16F2N2O2/c1-23-17-10(4-3-7-20-17)9-21-16(22)13-8-12(13)11-5-2-6-14(18)15(11)19/h2-7,12-13H,8-9H2,1H3,(H,21,22)/t12-,13-/m0/s1. The number of hydrogen-bond donors (Lipinski definition) is 1. The topological polar surface area (TPSA) is 51.2 Å². The fraction of sp³-hybridized carbons (Fsp3) is 0.294. The SMILES string of the molecule is COc1ncccc1CNC(=O)[C@H]1C[C@H]1c1cccc(F)c1F. The van der Waals surface area contributed by atoms with Gasteiger partial charge in [-0.1, -0.05) is 18.2 Å². The number of carbonyl (C=O) groups is 1. The van der Waals surface area contributed by atoms with E-state index in [-0.39, 0.29) is 29.9 Å². The fourth-order valence-corrected chi connectivity index (χ4v) is 2.69. The minimum absolute atomic E-state index is 0.176. The van der Waals surface area contributed by atoms with Gasteiger partial charge >= 0.3 is 0 Å². The second-order valence-corrected chi connectivity index (χ2v) is 5.48. The van der Waals surface area contributed by atoms with E-state index in [9.17, 15) is 13.6 Å². The molecule has 1 aliphatic rings. The van der Waals surface area contributed by atoms with Gasteiger partial charge in [0.2, 0.25) is 11.8 Å². The van der Waals surface area contributed by atoms with E-state index >= 15 is 0 Å². The van der Waals surface area contributed by atoms with Gasteiger partial charge in [-0.25, -0.2) is 13.8 Å². The number of pyridine rings is 1. The highest BCUT2D eigenvalue weighted by atomic mass is 19.2. The van der Waals surface area contributed by atoms with Crippen LogP contribution in [0.2, 0.25) is 0 Å². The highest BCUT2D eigenvalue weighted by Gasteiger charge is 2.45. The lowest BCUT2D eigenvalue weighted by atomic mass is 10.1. The largest absolute Gasteiger partial charge is 0.481 e. The zero-order valence-corrected chi connectivity index (χ0v) is 12.6. The third-order valence-electron chi connectivity index (χ3n) is 4.00. The number of hydrogen-bond acceptors (Lipinski definition) is 3. The van der Waals surface area contributed by atoms with Crippen LogP contribution in [0.1, 0.15) is 23.5 Å². The van der Waals surface area contributed by atoms with Gasteiger partial charge in [-0.3, -0.25) is 4.79 Å². The van der Waals surface area contributed by atoms with Gasteiger partial charge in [0.25, 0.3) is 0 Å². The zero-order valence-electron chi connectivity index (χ0n) is 12.6. The quantitative estimate of drug-likeness (QED) is 0.922. The zero-order chi connectivity index (χ0) is 16.4. The van der Waals surface area contributed by atoms with Crippen molar-refractivity contribution in [3.05, 3.63) is 59.3 Å². The Hall–Kier alpha value is -2.50. The first-order chi connectivity index (χ1) is 11.1. The summed E-state index contributed by atoms with van der Waals surface area (Å²) in [6, 6.07) is 7.63. The Morgan fingerprint density at radius 1 is 1.35 bits per heavy atom. The maximum Gasteiger partial charge on any atom is 0.224 e. The predicted octanol–water partition coefficient (Wildman–Crippen LogP) is 2.79. The molecule has 1 saturated carbocycles. The molecule has 2 aromatic rings. The van der Waals surface area contributed by atoms with Gasteiger partial charge in [-0.15, -0.1) is 0 Å². The van der Waals surface area contributed by atoms with Crippen LogP contribution in [-0.4, -0.2) is 18.0 Å². The van der Waals surface area contributed by atoms with Gasteiger partial charge in [0.05, 0.1) is 7.11 Å². The summed E-state index contributed by atoms with van der Waals surface area (Å²) < 4.78 is 32.1. The molecule has 2 atom stereocenters. The number of nitrogens with zero attached hydrogens (tertiary/aromatic N) is 1. The number of halogens is 2. The molecule has 0 bridgehead atoms. The summed E-state index contributed by atoms with van der Waals surface area (Å²) in [4.78, 5) is 16.2.